The maximum Gasteiger partial charge on any atom is 1.00 e. The quantitative estimate of drug-likeness (QED) is 0.523. The summed E-state index contributed by atoms with van der Waals surface area (Å²) in [5, 5.41) is 2.51. The zero-order chi connectivity index (χ0) is 10.1. The molecular weight excluding hydrogens is 223 g/mol. The largest absolute Gasteiger partial charge is 1.00 e. The number of piperazine rings is 1. The van der Waals surface area contributed by atoms with E-state index in [1.807, 2.05) is 0 Å². The fourth-order valence-electron chi connectivity index (χ4n) is 1.35. The van der Waals surface area contributed by atoms with Crippen molar-refractivity contribution in [2.45, 2.75) is 13.0 Å². The molecule has 8 heteroatoms. The van der Waals surface area contributed by atoms with Gasteiger partial charge < -0.3 is 23.2 Å². The van der Waals surface area contributed by atoms with Gasteiger partial charge in [0.25, 0.3) is 0 Å². The summed E-state index contributed by atoms with van der Waals surface area (Å²) in [6.45, 7) is -2.78. The van der Waals surface area contributed by atoms with Crippen LogP contribution < -0.4 is 56.7 Å². The molecule has 1 rings (SSSR count). The number of hydrogen-bond donors (Lipinski definition) is 1. The molecule has 1 N–H and O–H groups in total. The Morgan fingerprint density at radius 2 is 2.14 bits per heavy atom. The Morgan fingerprint density at radius 3 is 2.64 bits per heavy atom. The molecule has 0 aromatic carbocycles. The molecular formula is C6H11BF3KN2O. The molecule has 1 aliphatic heterocycles. The standard InChI is InChI=1S/C6H11BF3N2O.K/c1-5-6(13)11-2-3-12(5)4-7(8,9)10;/h5H,2-4H2,1H3,(H,11,13);/q-1;+1. The molecule has 76 valence electrons. The Bertz CT molecular complexity index is 214. The van der Waals surface area contributed by atoms with Gasteiger partial charge >= 0.3 is 58.4 Å². The van der Waals surface area contributed by atoms with Crippen molar-refractivity contribution in [2.24, 2.45) is 0 Å². The molecule has 1 unspecified atom stereocenters. The summed E-state index contributed by atoms with van der Waals surface area (Å²) in [5.74, 6) is -0.327. The Labute approximate surface area is 123 Å². The molecule has 1 fully saturated rings. The molecule has 1 aliphatic rings. The maximum atomic E-state index is 12.0. The van der Waals surface area contributed by atoms with Gasteiger partial charge in [-0.15, -0.1) is 0 Å². The number of rotatable bonds is 2. The van der Waals surface area contributed by atoms with E-state index in [0.717, 1.165) is 4.90 Å². The summed E-state index contributed by atoms with van der Waals surface area (Å²) in [5.41, 5.74) is 0. The van der Waals surface area contributed by atoms with Crippen LogP contribution in [-0.4, -0.2) is 43.4 Å². The maximum absolute atomic E-state index is 12.0. The third-order valence-electron chi connectivity index (χ3n) is 2.07. The molecule has 0 spiro atoms. The fourth-order valence-corrected chi connectivity index (χ4v) is 1.35. The number of hydrogen-bond acceptors (Lipinski definition) is 2. The van der Waals surface area contributed by atoms with Gasteiger partial charge in [0.2, 0.25) is 5.91 Å². The van der Waals surface area contributed by atoms with Gasteiger partial charge in [-0.25, -0.2) is 0 Å². The third-order valence-corrected chi connectivity index (χ3v) is 2.07. The molecule has 1 amide bonds. The number of carbonyl (C=O) groups excluding carboxylic acids is 1. The third kappa shape index (κ3) is 4.63. The van der Waals surface area contributed by atoms with Crippen LogP contribution in [0.25, 0.3) is 0 Å². The number of carbonyl (C=O) groups is 1. The summed E-state index contributed by atoms with van der Waals surface area (Å²) >= 11 is 0. The van der Waals surface area contributed by atoms with Crippen molar-refractivity contribution in [3.63, 3.8) is 0 Å². The zero-order valence-electron chi connectivity index (χ0n) is 8.27. The van der Waals surface area contributed by atoms with Crippen molar-refractivity contribution < 1.29 is 69.1 Å². The molecule has 0 bridgehead atoms. The molecule has 0 radical (unpaired) electrons. The van der Waals surface area contributed by atoms with E-state index in [1.165, 1.54) is 6.92 Å². The molecule has 0 saturated carbocycles. The minimum absolute atomic E-state index is 0. The normalized spacial score (nSPS) is 24.0. The first kappa shape index (κ1) is 14.9. The first-order valence-electron chi connectivity index (χ1n) is 4.13. The molecule has 0 aromatic heterocycles. The van der Waals surface area contributed by atoms with Gasteiger partial charge in [-0.1, -0.05) is 0 Å². The van der Waals surface area contributed by atoms with Gasteiger partial charge in [0.1, 0.15) is 0 Å². The Kier molecular flexibility index (Phi) is 6.24. The summed E-state index contributed by atoms with van der Waals surface area (Å²) in [6, 6.07) is -0.669. The Balaban J connectivity index is 0.00000169. The van der Waals surface area contributed by atoms with E-state index in [2.05, 4.69) is 5.32 Å². The van der Waals surface area contributed by atoms with Gasteiger partial charge in [0, 0.05) is 13.1 Å². The molecule has 0 aliphatic carbocycles. The van der Waals surface area contributed by atoms with E-state index in [-0.39, 0.29) is 63.8 Å². The SMILES string of the molecule is CC1C(=O)NCCN1C[B-](F)(F)F.[K+]. The predicted octanol–water partition coefficient (Wildman–Crippen LogP) is -2.80. The van der Waals surface area contributed by atoms with Gasteiger partial charge in [-0.05, 0) is 13.4 Å². The van der Waals surface area contributed by atoms with E-state index >= 15 is 0 Å². The van der Waals surface area contributed by atoms with Crippen LogP contribution in [0.2, 0.25) is 0 Å². The van der Waals surface area contributed by atoms with Gasteiger partial charge in [-0.3, -0.25) is 4.79 Å². The number of nitrogens with zero attached hydrogens (tertiary/aromatic N) is 1. The van der Waals surface area contributed by atoms with Crippen LogP contribution in [0.3, 0.4) is 0 Å². The van der Waals surface area contributed by atoms with Crippen molar-refractivity contribution in [1.82, 2.24) is 10.2 Å². The first-order chi connectivity index (χ1) is 5.90. The van der Waals surface area contributed by atoms with Crippen molar-refractivity contribution in [3.05, 3.63) is 0 Å². The van der Waals surface area contributed by atoms with Crippen molar-refractivity contribution >= 4 is 12.9 Å². The van der Waals surface area contributed by atoms with E-state index in [0.29, 0.717) is 6.54 Å². The molecule has 14 heavy (non-hydrogen) atoms. The van der Waals surface area contributed by atoms with Crippen LogP contribution in [0.1, 0.15) is 6.92 Å². The molecule has 3 nitrogen and oxygen atoms in total. The minimum atomic E-state index is -4.83. The van der Waals surface area contributed by atoms with E-state index in [1.54, 1.807) is 0 Å². The van der Waals surface area contributed by atoms with Gasteiger partial charge in [0.15, 0.2) is 0 Å². The Morgan fingerprint density at radius 1 is 1.57 bits per heavy atom. The van der Waals surface area contributed by atoms with Crippen molar-refractivity contribution in [1.29, 1.82) is 0 Å². The van der Waals surface area contributed by atoms with Crippen LogP contribution in [0.4, 0.5) is 12.9 Å². The molecule has 1 heterocycles. The molecule has 0 aromatic rings. The Hall–Kier alpha value is 0.921. The minimum Gasteiger partial charge on any atom is -0.448 e. The molecule has 1 atom stereocenters. The summed E-state index contributed by atoms with van der Waals surface area (Å²) in [4.78, 5) is 12.1. The number of nitrogens with one attached hydrogen (secondary N) is 1. The molecule has 1 saturated heterocycles. The second kappa shape index (κ2) is 5.86. The fraction of sp³-hybridized carbons (Fsp3) is 0.833. The smallest absolute Gasteiger partial charge is 0.448 e. The summed E-state index contributed by atoms with van der Waals surface area (Å²) in [7, 11) is 0. The van der Waals surface area contributed by atoms with Crippen LogP contribution in [0, 0.1) is 0 Å². The average molecular weight is 234 g/mol. The summed E-state index contributed by atoms with van der Waals surface area (Å²) < 4.78 is 36.1. The van der Waals surface area contributed by atoms with Crippen LogP contribution in [0.15, 0.2) is 0 Å². The average Bonchev–Trinajstić information content (AvgIpc) is 1.96. The number of amides is 1. The van der Waals surface area contributed by atoms with Crippen molar-refractivity contribution in [2.75, 3.05) is 19.5 Å². The second-order valence-corrected chi connectivity index (χ2v) is 3.17. The topological polar surface area (TPSA) is 32.3 Å². The van der Waals surface area contributed by atoms with Gasteiger partial charge in [0.05, 0.1) is 6.04 Å². The van der Waals surface area contributed by atoms with Crippen LogP contribution in [-0.2, 0) is 4.79 Å². The van der Waals surface area contributed by atoms with E-state index in [9.17, 15) is 17.7 Å². The second-order valence-electron chi connectivity index (χ2n) is 3.17. The van der Waals surface area contributed by atoms with E-state index < -0.39 is 19.5 Å². The monoisotopic (exact) mass is 234 g/mol. The predicted molar refractivity (Wildman–Crippen MR) is 43.1 cm³/mol. The number of halogens is 3. The van der Waals surface area contributed by atoms with Crippen LogP contribution in [0.5, 0.6) is 0 Å². The van der Waals surface area contributed by atoms with Crippen molar-refractivity contribution in [3.8, 4) is 0 Å². The van der Waals surface area contributed by atoms with E-state index in [4.69, 9.17) is 0 Å². The first-order valence-corrected chi connectivity index (χ1v) is 4.13. The summed E-state index contributed by atoms with van der Waals surface area (Å²) in [6.07, 6.45) is -0.950. The zero-order valence-corrected chi connectivity index (χ0v) is 11.4. The van der Waals surface area contributed by atoms with Gasteiger partial charge in [-0.2, -0.15) is 0 Å². The van der Waals surface area contributed by atoms with Crippen LogP contribution >= 0.6 is 0 Å².